The molecule has 0 aliphatic rings. The summed E-state index contributed by atoms with van der Waals surface area (Å²) < 4.78 is 56.0. The van der Waals surface area contributed by atoms with Crippen molar-refractivity contribution < 1.29 is 37.0 Å². The molecule has 3 N–H and O–H groups in total. The number of fused-ring (bicyclic) bond motifs is 1. The molecule has 4 aromatic rings. The van der Waals surface area contributed by atoms with Gasteiger partial charge in [0.25, 0.3) is 5.56 Å². The minimum atomic E-state index is -3.88. The predicted octanol–water partition coefficient (Wildman–Crippen LogP) is 3.18. The van der Waals surface area contributed by atoms with Gasteiger partial charge in [-0.25, -0.2) is 9.37 Å². The Morgan fingerprint density at radius 3 is 2.59 bits per heavy atom. The Morgan fingerprint density at radius 1 is 1.10 bits per heavy atom. The number of hydrogen-bond donors (Lipinski definition) is 2. The number of nitrogens with one attached hydrogen (secondary N) is 1. The summed E-state index contributed by atoms with van der Waals surface area (Å²) in [5, 5.41) is 0. The number of aromatic nitrogens is 4. The van der Waals surface area contributed by atoms with Crippen LogP contribution >= 0.6 is 7.60 Å². The topological polar surface area (TPSA) is 170 Å². The number of carbonyl (C=O) groups is 1. The summed E-state index contributed by atoms with van der Waals surface area (Å²) in [5.74, 6) is -0.425. The van der Waals surface area contributed by atoms with Crippen LogP contribution in [0.3, 0.4) is 0 Å². The van der Waals surface area contributed by atoms with E-state index in [9.17, 15) is 18.5 Å². The van der Waals surface area contributed by atoms with E-state index in [1.165, 1.54) is 32.7 Å². The molecule has 0 fully saturated rings. The zero-order valence-corrected chi connectivity index (χ0v) is 23.3. The number of anilines is 1. The Morgan fingerprint density at radius 2 is 1.88 bits per heavy atom. The number of rotatable bonds is 15. The van der Waals surface area contributed by atoms with Crippen molar-refractivity contribution in [2.24, 2.45) is 0 Å². The monoisotopic (exact) mass is 589 g/mol. The molecule has 0 saturated carbocycles. The minimum absolute atomic E-state index is 0.0404. The Kier molecular flexibility index (Phi) is 9.84. The van der Waals surface area contributed by atoms with Gasteiger partial charge in [-0.15, -0.1) is 0 Å². The summed E-state index contributed by atoms with van der Waals surface area (Å²) in [6.45, 7) is -0.373. The number of nitrogens with zero attached hydrogens (tertiary/aromatic N) is 3. The van der Waals surface area contributed by atoms with Crippen LogP contribution in [0.4, 0.5) is 10.3 Å². The third-order valence-corrected chi connectivity index (χ3v) is 7.70. The van der Waals surface area contributed by atoms with Gasteiger partial charge in [0.15, 0.2) is 28.5 Å². The summed E-state index contributed by atoms with van der Waals surface area (Å²) in [4.78, 5) is 35.1. The van der Waals surface area contributed by atoms with Crippen molar-refractivity contribution in [3.63, 3.8) is 0 Å². The van der Waals surface area contributed by atoms with Crippen LogP contribution in [-0.4, -0.2) is 65.5 Å². The average molecular weight is 590 g/mol. The number of nitrogens with two attached hydrogens (primary N) is 1. The van der Waals surface area contributed by atoms with E-state index >= 15 is 0 Å². The molecule has 0 spiro atoms. The fourth-order valence-electron chi connectivity index (χ4n) is 3.73. The second kappa shape index (κ2) is 13.5. The smallest absolute Gasteiger partial charge is 0.333 e. The zero-order chi connectivity index (χ0) is 29.4. The van der Waals surface area contributed by atoms with E-state index in [0.29, 0.717) is 22.5 Å². The van der Waals surface area contributed by atoms with Gasteiger partial charge < -0.3 is 33.6 Å². The van der Waals surface area contributed by atoms with Crippen molar-refractivity contribution in [2.45, 2.75) is 13.2 Å². The molecule has 0 aliphatic carbocycles. The van der Waals surface area contributed by atoms with Crippen molar-refractivity contribution in [1.29, 1.82) is 0 Å². The SMILES string of the molecule is COc1ccc(C(=O)COP(=O)(CCOCCn2cnc3c(=O)[nH]c(N)nc32)OCc2ccc(OC)c(F)c2)cc1. The van der Waals surface area contributed by atoms with E-state index < -0.39 is 31.4 Å². The number of halogens is 1. The van der Waals surface area contributed by atoms with Crippen molar-refractivity contribution in [3.8, 4) is 11.5 Å². The third kappa shape index (κ3) is 7.76. The maximum atomic E-state index is 14.1. The predicted molar refractivity (Wildman–Crippen MR) is 147 cm³/mol. The standard InChI is InChI=1S/C26H29FN5O8P/c1-36-19-6-4-18(5-7-19)21(33)15-40-41(35,39-14-17-3-8-22(37-2)20(27)13-17)12-11-38-10-9-32-16-29-23-24(32)30-26(28)31-25(23)34/h3-8,13,16H,9-12,14-15H2,1-2H3,(H3,28,30,31,34). The van der Waals surface area contributed by atoms with Crippen LogP contribution in [0.15, 0.2) is 53.6 Å². The van der Waals surface area contributed by atoms with E-state index in [1.54, 1.807) is 34.9 Å². The number of Topliss-reactive ketones (excluding diaryl/α,β-unsaturated/α-hetero) is 1. The van der Waals surface area contributed by atoms with E-state index in [0.717, 1.165) is 0 Å². The van der Waals surface area contributed by atoms with Crippen LogP contribution in [0.25, 0.3) is 11.2 Å². The maximum absolute atomic E-state index is 14.1. The minimum Gasteiger partial charge on any atom is -0.497 e. The number of aromatic amines is 1. The fourth-order valence-corrected chi connectivity index (χ4v) is 5.08. The first kappa shape index (κ1) is 29.9. The lowest BCUT2D eigenvalue weighted by Crippen LogP contribution is -2.15. The second-order valence-electron chi connectivity index (χ2n) is 8.68. The molecule has 2 aromatic heterocycles. The van der Waals surface area contributed by atoms with Crippen LogP contribution in [0.5, 0.6) is 11.5 Å². The molecule has 2 aromatic carbocycles. The van der Waals surface area contributed by atoms with Gasteiger partial charge in [-0.05, 0) is 42.0 Å². The normalized spacial score (nSPS) is 12.8. The van der Waals surface area contributed by atoms with Gasteiger partial charge in [-0.1, -0.05) is 6.07 Å². The van der Waals surface area contributed by atoms with Crippen LogP contribution < -0.4 is 20.8 Å². The number of nitrogen functional groups attached to an aromatic ring is 1. The van der Waals surface area contributed by atoms with Gasteiger partial charge in [0, 0.05) is 12.1 Å². The third-order valence-electron chi connectivity index (χ3n) is 5.93. The lowest BCUT2D eigenvalue weighted by molar-refractivity contribution is 0.0885. The molecule has 41 heavy (non-hydrogen) atoms. The van der Waals surface area contributed by atoms with Gasteiger partial charge in [-0.3, -0.25) is 19.1 Å². The highest BCUT2D eigenvalue weighted by Gasteiger charge is 2.27. The number of ether oxygens (including phenoxy) is 3. The largest absolute Gasteiger partial charge is 0.497 e. The molecule has 0 radical (unpaired) electrons. The van der Waals surface area contributed by atoms with E-state index in [2.05, 4.69) is 15.0 Å². The molecular weight excluding hydrogens is 560 g/mol. The van der Waals surface area contributed by atoms with E-state index in [-0.39, 0.29) is 49.7 Å². The summed E-state index contributed by atoms with van der Waals surface area (Å²) >= 11 is 0. The Labute approximate surface area is 233 Å². The number of hydrogen-bond acceptors (Lipinski definition) is 11. The molecule has 1 atom stereocenters. The Bertz CT molecular complexity index is 1610. The molecule has 0 bridgehead atoms. The zero-order valence-electron chi connectivity index (χ0n) is 22.4. The lowest BCUT2D eigenvalue weighted by Gasteiger charge is -2.19. The molecular formula is C26H29FN5O8P. The summed E-state index contributed by atoms with van der Waals surface area (Å²) in [7, 11) is -1.02. The molecule has 4 rings (SSSR count). The highest BCUT2D eigenvalue weighted by Crippen LogP contribution is 2.48. The van der Waals surface area contributed by atoms with Gasteiger partial charge in [0.05, 0.1) is 46.5 Å². The second-order valence-corrected chi connectivity index (χ2v) is 10.9. The highest BCUT2D eigenvalue weighted by atomic mass is 31.2. The van der Waals surface area contributed by atoms with Crippen LogP contribution in [0.2, 0.25) is 0 Å². The fraction of sp³-hybridized carbons (Fsp3) is 0.308. The molecule has 218 valence electrons. The highest BCUT2D eigenvalue weighted by molar-refractivity contribution is 7.53. The van der Waals surface area contributed by atoms with E-state index in [4.69, 9.17) is 29.0 Å². The first-order chi connectivity index (χ1) is 19.7. The molecule has 1 unspecified atom stereocenters. The Hall–Kier alpha value is -4.10. The van der Waals surface area contributed by atoms with Crippen molar-refractivity contribution in [3.05, 3.63) is 76.1 Å². The van der Waals surface area contributed by atoms with Gasteiger partial charge in [-0.2, -0.15) is 4.98 Å². The molecule has 0 saturated heterocycles. The first-order valence-corrected chi connectivity index (χ1v) is 14.1. The Balaban J connectivity index is 1.37. The molecule has 15 heteroatoms. The van der Waals surface area contributed by atoms with Gasteiger partial charge >= 0.3 is 7.60 Å². The number of imidazole rings is 1. The van der Waals surface area contributed by atoms with Crippen molar-refractivity contribution in [1.82, 2.24) is 19.5 Å². The van der Waals surface area contributed by atoms with Crippen LogP contribution in [-0.2, 0) is 31.5 Å². The van der Waals surface area contributed by atoms with E-state index in [1.807, 2.05) is 0 Å². The molecule has 13 nitrogen and oxygen atoms in total. The summed E-state index contributed by atoms with van der Waals surface area (Å²) in [6, 6.07) is 10.6. The molecule has 0 amide bonds. The summed E-state index contributed by atoms with van der Waals surface area (Å²) in [6.07, 6.45) is 1.25. The average Bonchev–Trinajstić information content (AvgIpc) is 3.38. The van der Waals surface area contributed by atoms with Gasteiger partial charge in [0.1, 0.15) is 12.4 Å². The summed E-state index contributed by atoms with van der Waals surface area (Å²) in [5.41, 5.74) is 6.33. The number of carbonyl (C=O) groups excluding carboxylic acids is 1. The number of ketones is 1. The van der Waals surface area contributed by atoms with Crippen LogP contribution in [0.1, 0.15) is 15.9 Å². The quantitative estimate of drug-likeness (QED) is 0.119. The molecule has 0 aliphatic heterocycles. The number of benzene rings is 2. The van der Waals surface area contributed by atoms with Crippen molar-refractivity contribution in [2.75, 3.05) is 45.9 Å². The van der Waals surface area contributed by atoms with Crippen molar-refractivity contribution >= 4 is 30.5 Å². The van der Waals surface area contributed by atoms with Crippen LogP contribution in [0, 0.1) is 5.82 Å². The number of H-pyrrole nitrogens is 1. The molecule has 2 heterocycles. The number of methoxy groups -OCH3 is 2. The maximum Gasteiger partial charge on any atom is 0.333 e. The first-order valence-electron chi connectivity index (χ1n) is 12.4. The lowest BCUT2D eigenvalue weighted by atomic mass is 10.1. The van der Waals surface area contributed by atoms with Gasteiger partial charge in [0.2, 0.25) is 5.95 Å².